The van der Waals surface area contributed by atoms with Crippen LogP contribution in [-0.4, -0.2) is 17.0 Å². The van der Waals surface area contributed by atoms with Crippen LogP contribution in [0.25, 0.3) is 0 Å². The zero-order chi connectivity index (χ0) is 15.4. The van der Waals surface area contributed by atoms with Crippen molar-refractivity contribution in [1.29, 1.82) is 0 Å². The molecule has 0 aliphatic carbocycles. The predicted molar refractivity (Wildman–Crippen MR) is 85.4 cm³/mol. The minimum Gasteiger partial charge on any atom is -0.484 e. The van der Waals surface area contributed by atoms with Gasteiger partial charge in [-0.05, 0) is 32.0 Å². The van der Waals surface area contributed by atoms with Gasteiger partial charge in [0.15, 0.2) is 6.61 Å². The Labute approximate surface area is 129 Å². The number of aromatic nitrogens is 1. The van der Waals surface area contributed by atoms with E-state index in [9.17, 15) is 4.79 Å². The highest BCUT2D eigenvalue weighted by molar-refractivity contribution is 6.32. The van der Waals surface area contributed by atoms with E-state index >= 15 is 0 Å². The first-order valence-electron chi connectivity index (χ1n) is 6.72. The highest BCUT2D eigenvalue weighted by atomic mass is 35.5. The average Bonchev–Trinajstić information content (AvgIpc) is 2.75. The summed E-state index contributed by atoms with van der Waals surface area (Å²) in [6.07, 6.45) is 1.81. The maximum atomic E-state index is 12.3. The van der Waals surface area contributed by atoms with Crippen LogP contribution < -0.4 is 4.74 Å². The van der Waals surface area contributed by atoms with Gasteiger partial charge in [0, 0.05) is 23.5 Å². The fraction of sp³-hybridized carbons (Fsp3) is 0.235. The lowest BCUT2D eigenvalue weighted by Crippen LogP contribution is -2.13. The third-order valence-electron chi connectivity index (χ3n) is 3.38. The quantitative estimate of drug-likeness (QED) is 0.591. The fourth-order valence-electron chi connectivity index (χ4n) is 2.28. The van der Waals surface area contributed by atoms with E-state index in [1.165, 1.54) is 0 Å². The molecular weight excluding hydrogens is 286 g/mol. The first kappa shape index (κ1) is 15.4. The predicted octanol–water partition coefficient (Wildman–Crippen LogP) is 4.21. The molecule has 0 radical (unpaired) electrons. The first-order chi connectivity index (χ1) is 10.0. The summed E-state index contributed by atoms with van der Waals surface area (Å²) in [6, 6.07) is 9.01. The van der Waals surface area contributed by atoms with E-state index in [1.54, 1.807) is 12.1 Å². The minimum atomic E-state index is -0.0571. The van der Waals surface area contributed by atoms with Crippen molar-refractivity contribution in [3.8, 4) is 5.75 Å². The highest BCUT2D eigenvalue weighted by Gasteiger charge is 2.16. The Bertz CT molecular complexity index is 673. The average molecular weight is 304 g/mol. The van der Waals surface area contributed by atoms with E-state index in [0.29, 0.717) is 22.9 Å². The van der Waals surface area contributed by atoms with Crippen LogP contribution >= 0.6 is 11.6 Å². The molecular formula is C17H18ClNO2. The first-order valence-corrected chi connectivity index (χ1v) is 7.10. The van der Waals surface area contributed by atoms with Crippen LogP contribution in [0.2, 0.25) is 5.02 Å². The molecule has 0 atom stereocenters. The number of nitrogens with zero attached hydrogens (tertiary/aromatic N) is 1. The van der Waals surface area contributed by atoms with E-state index in [0.717, 1.165) is 11.4 Å². The summed E-state index contributed by atoms with van der Waals surface area (Å²) < 4.78 is 7.56. The van der Waals surface area contributed by atoms with Gasteiger partial charge in [0.2, 0.25) is 5.78 Å². The van der Waals surface area contributed by atoms with Crippen LogP contribution in [-0.2, 0) is 6.54 Å². The van der Waals surface area contributed by atoms with Crippen LogP contribution in [0.5, 0.6) is 5.75 Å². The molecule has 0 saturated heterocycles. The summed E-state index contributed by atoms with van der Waals surface area (Å²) in [6.45, 7) is 8.30. The van der Waals surface area contributed by atoms with Gasteiger partial charge in [-0.3, -0.25) is 4.79 Å². The van der Waals surface area contributed by atoms with E-state index in [4.69, 9.17) is 16.3 Å². The number of ketones is 1. The second-order valence-electron chi connectivity index (χ2n) is 4.83. The number of benzene rings is 1. The molecule has 2 rings (SSSR count). The highest BCUT2D eigenvalue weighted by Crippen LogP contribution is 2.23. The van der Waals surface area contributed by atoms with E-state index in [1.807, 2.05) is 38.1 Å². The van der Waals surface area contributed by atoms with Gasteiger partial charge in [-0.25, -0.2) is 0 Å². The van der Waals surface area contributed by atoms with Gasteiger partial charge in [-0.1, -0.05) is 29.8 Å². The number of hydrogen-bond donors (Lipinski definition) is 0. The molecule has 0 aliphatic rings. The van der Waals surface area contributed by atoms with Crippen LogP contribution in [0.15, 0.2) is 43.0 Å². The molecule has 0 unspecified atom stereocenters. The molecule has 0 aliphatic heterocycles. The van der Waals surface area contributed by atoms with Gasteiger partial charge < -0.3 is 9.30 Å². The number of ether oxygens (including phenoxy) is 1. The number of Topliss-reactive ketones (excluding diaryl/α,β-unsaturated/α-hetero) is 1. The third kappa shape index (κ3) is 3.37. The molecule has 21 heavy (non-hydrogen) atoms. The zero-order valence-corrected chi connectivity index (χ0v) is 13.0. The number of allylic oxidation sites excluding steroid dienone is 1. The smallest absolute Gasteiger partial charge is 0.202 e. The number of halogens is 1. The Kier molecular flexibility index (Phi) is 4.86. The van der Waals surface area contributed by atoms with Crippen molar-refractivity contribution < 1.29 is 9.53 Å². The van der Waals surface area contributed by atoms with Crippen molar-refractivity contribution in [3.63, 3.8) is 0 Å². The standard InChI is InChI=1S/C17H18ClNO2/c1-4-9-19-12(2)10-14(13(19)3)16(20)11-21-17-8-6-5-7-15(17)18/h4-8,10H,1,9,11H2,2-3H3. The molecule has 3 nitrogen and oxygen atoms in total. The Balaban J connectivity index is 2.12. The summed E-state index contributed by atoms with van der Waals surface area (Å²) in [5.41, 5.74) is 2.65. The number of hydrogen-bond acceptors (Lipinski definition) is 2. The molecule has 0 bridgehead atoms. The van der Waals surface area contributed by atoms with Crippen LogP contribution in [0.4, 0.5) is 0 Å². The number of carbonyl (C=O) groups is 1. The normalized spacial score (nSPS) is 10.4. The molecule has 0 spiro atoms. The number of carbonyl (C=O) groups excluding carboxylic acids is 1. The number of para-hydroxylation sites is 1. The van der Waals surface area contributed by atoms with Gasteiger partial charge in [0.05, 0.1) is 5.02 Å². The van der Waals surface area contributed by atoms with Crippen molar-refractivity contribution in [2.24, 2.45) is 0 Å². The summed E-state index contributed by atoms with van der Waals surface area (Å²) >= 11 is 6.00. The second-order valence-corrected chi connectivity index (χ2v) is 5.23. The lowest BCUT2D eigenvalue weighted by molar-refractivity contribution is 0.0921. The fourth-order valence-corrected chi connectivity index (χ4v) is 2.47. The minimum absolute atomic E-state index is 0.0257. The Hall–Kier alpha value is -2.00. The van der Waals surface area contributed by atoms with E-state index in [2.05, 4.69) is 11.1 Å². The van der Waals surface area contributed by atoms with Gasteiger partial charge >= 0.3 is 0 Å². The third-order valence-corrected chi connectivity index (χ3v) is 3.69. The second kappa shape index (κ2) is 6.64. The zero-order valence-electron chi connectivity index (χ0n) is 12.2. The van der Waals surface area contributed by atoms with Gasteiger partial charge in [-0.2, -0.15) is 0 Å². The van der Waals surface area contributed by atoms with Crippen molar-refractivity contribution in [2.75, 3.05) is 6.61 Å². The molecule has 110 valence electrons. The summed E-state index contributed by atoms with van der Waals surface area (Å²) in [5, 5.41) is 0.502. The van der Waals surface area contributed by atoms with Crippen molar-refractivity contribution in [2.45, 2.75) is 20.4 Å². The number of rotatable bonds is 6. The van der Waals surface area contributed by atoms with Crippen molar-refractivity contribution in [3.05, 3.63) is 65.0 Å². The topological polar surface area (TPSA) is 31.2 Å². The Morgan fingerprint density at radius 1 is 1.38 bits per heavy atom. The summed E-state index contributed by atoms with van der Waals surface area (Å²) in [7, 11) is 0. The monoisotopic (exact) mass is 303 g/mol. The van der Waals surface area contributed by atoms with Gasteiger partial charge in [0.25, 0.3) is 0 Å². The molecule has 0 amide bonds. The van der Waals surface area contributed by atoms with Crippen LogP contribution in [0.3, 0.4) is 0 Å². The lowest BCUT2D eigenvalue weighted by Gasteiger charge is -2.08. The largest absolute Gasteiger partial charge is 0.484 e. The van der Waals surface area contributed by atoms with Crippen molar-refractivity contribution >= 4 is 17.4 Å². The maximum absolute atomic E-state index is 12.3. The lowest BCUT2D eigenvalue weighted by atomic mass is 10.1. The van der Waals surface area contributed by atoms with Gasteiger partial charge in [0.1, 0.15) is 5.75 Å². The Morgan fingerprint density at radius 3 is 2.76 bits per heavy atom. The molecule has 1 heterocycles. The molecule has 4 heteroatoms. The Morgan fingerprint density at radius 2 is 2.10 bits per heavy atom. The molecule has 1 aromatic carbocycles. The van der Waals surface area contributed by atoms with Crippen molar-refractivity contribution in [1.82, 2.24) is 4.57 Å². The SMILES string of the molecule is C=CCn1c(C)cc(C(=O)COc2ccccc2Cl)c1C. The molecule has 0 fully saturated rings. The van der Waals surface area contributed by atoms with Crippen LogP contribution in [0.1, 0.15) is 21.7 Å². The summed E-state index contributed by atoms with van der Waals surface area (Å²) in [5.74, 6) is 0.464. The van der Waals surface area contributed by atoms with Crippen LogP contribution in [0, 0.1) is 13.8 Å². The van der Waals surface area contributed by atoms with E-state index in [-0.39, 0.29) is 12.4 Å². The molecule has 0 N–H and O–H groups in total. The molecule has 2 aromatic rings. The summed E-state index contributed by atoms with van der Waals surface area (Å²) in [4.78, 5) is 12.3. The molecule has 0 saturated carbocycles. The maximum Gasteiger partial charge on any atom is 0.202 e. The van der Waals surface area contributed by atoms with Gasteiger partial charge in [-0.15, -0.1) is 6.58 Å². The number of aryl methyl sites for hydroxylation is 1. The molecule has 1 aromatic heterocycles. The van der Waals surface area contributed by atoms with E-state index < -0.39 is 0 Å².